The molecule has 1 aromatic carbocycles. The zero-order valence-corrected chi connectivity index (χ0v) is 11.9. The standard InChI is InChI=1S/C16H18FNS/c1-2-11-8-9-19-16(11)10-18-15-7-6-12-13(15)4-3-5-14(12)17/h3-5,8-9,15,18H,2,6-7,10H2,1H3. The van der Waals surface area contributed by atoms with Gasteiger partial charge in [0.05, 0.1) is 0 Å². The lowest BCUT2D eigenvalue weighted by Gasteiger charge is -2.14. The minimum Gasteiger partial charge on any atom is -0.305 e. The second-order valence-electron chi connectivity index (χ2n) is 5.00. The molecule has 1 aliphatic rings. The summed E-state index contributed by atoms with van der Waals surface area (Å²) in [5, 5.41) is 5.74. The number of fused-ring (bicyclic) bond motifs is 1. The normalized spacial score (nSPS) is 17.7. The number of nitrogens with one attached hydrogen (secondary N) is 1. The summed E-state index contributed by atoms with van der Waals surface area (Å²) in [6.45, 7) is 3.08. The van der Waals surface area contributed by atoms with Gasteiger partial charge in [-0.1, -0.05) is 19.1 Å². The van der Waals surface area contributed by atoms with Gasteiger partial charge in [-0.05, 0) is 53.5 Å². The maximum atomic E-state index is 13.7. The van der Waals surface area contributed by atoms with Crippen LogP contribution in [0.25, 0.3) is 0 Å². The van der Waals surface area contributed by atoms with Crippen molar-refractivity contribution >= 4 is 11.3 Å². The Labute approximate surface area is 117 Å². The molecule has 0 radical (unpaired) electrons. The zero-order chi connectivity index (χ0) is 13.2. The van der Waals surface area contributed by atoms with Crippen molar-refractivity contribution in [3.8, 4) is 0 Å². The second-order valence-corrected chi connectivity index (χ2v) is 6.00. The van der Waals surface area contributed by atoms with Crippen LogP contribution in [0.1, 0.15) is 41.0 Å². The zero-order valence-electron chi connectivity index (χ0n) is 11.1. The van der Waals surface area contributed by atoms with E-state index in [1.54, 1.807) is 17.4 Å². The molecule has 1 N–H and O–H groups in total. The highest BCUT2D eigenvalue weighted by Gasteiger charge is 2.24. The minimum absolute atomic E-state index is 0.0489. The second kappa shape index (κ2) is 5.43. The molecular formula is C16H18FNS. The van der Waals surface area contributed by atoms with Crippen LogP contribution >= 0.6 is 11.3 Å². The molecule has 19 heavy (non-hydrogen) atoms. The van der Waals surface area contributed by atoms with Crippen LogP contribution in [0.4, 0.5) is 4.39 Å². The van der Waals surface area contributed by atoms with Crippen molar-refractivity contribution in [3.05, 3.63) is 57.0 Å². The molecule has 1 aliphatic carbocycles. The third-order valence-electron chi connectivity index (χ3n) is 3.94. The summed E-state index contributed by atoms with van der Waals surface area (Å²) >= 11 is 1.81. The molecule has 1 aromatic heterocycles. The molecule has 1 atom stereocenters. The fraction of sp³-hybridized carbons (Fsp3) is 0.375. The first-order valence-corrected chi connectivity index (χ1v) is 7.73. The highest BCUT2D eigenvalue weighted by Crippen LogP contribution is 2.33. The van der Waals surface area contributed by atoms with E-state index < -0.39 is 0 Å². The van der Waals surface area contributed by atoms with Crippen molar-refractivity contribution in [3.63, 3.8) is 0 Å². The number of hydrogen-bond donors (Lipinski definition) is 1. The molecule has 1 unspecified atom stereocenters. The molecule has 2 aromatic rings. The molecule has 1 heterocycles. The van der Waals surface area contributed by atoms with Gasteiger partial charge in [-0.3, -0.25) is 0 Å². The number of aryl methyl sites for hydroxylation is 1. The van der Waals surface area contributed by atoms with Crippen LogP contribution in [0.15, 0.2) is 29.6 Å². The van der Waals surface area contributed by atoms with Gasteiger partial charge in [0.15, 0.2) is 0 Å². The summed E-state index contributed by atoms with van der Waals surface area (Å²) in [7, 11) is 0. The van der Waals surface area contributed by atoms with E-state index >= 15 is 0 Å². The molecule has 0 aliphatic heterocycles. The first-order valence-electron chi connectivity index (χ1n) is 6.85. The summed E-state index contributed by atoms with van der Waals surface area (Å²) in [6.07, 6.45) is 2.93. The highest BCUT2D eigenvalue weighted by molar-refractivity contribution is 7.10. The average Bonchev–Trinajstić information content (AvgIpc) is 3.03. The Kier molecular flexibility index (Phi) is 3.67. The van der Waals surface area contributed by atoms with E-state index in [9.17, 15) is 4.39 Å². The summed E-state index contributed by atoms with van der Waals surface area (Å²) in [5.74, 6) is -0.0489. The predicted octanol–water partition coefficient (Wildman–Crippen LogP) is 4.23. The molecule has 0 bridgehead atoms. The van der Waals surface area contributed by atoms with Crippen LogP contribution in [0.3, 0.4) is 0 Å². The lowest BCUT2D eigenvalue weighted by molar-refractivity contribution is 0.532. The molecule has 0 spiro atoms. The summed E-state index contributed by atoms with van der Waals surface area (Å²) in [4.78, 5) is 1.41. The number of halogens is 1. The Bertz CT molecular complexity index is 576. The Morgan fingerprint density at radius 1 is 1.37 bits per heavy atom. The van der Waals surface area contributed by atoms with Gasteiger partial charge in [-0.15, -0.1) is 11.3 Å². The SMILES string of the molecule is CCc1ccsc1CNC1CCc2c(F)cccc21. The van der Waals surface area contributed by atoms with Gasteiger partial charge in [-0.2, -0.15) is 0 Å². The van der Waals surface area contributed by atoms with E-state index in [0.29, 0.717) is 6.04 Å². The minimum atomic E-state index is -0.0489. The first kappa shape index (κ1) is 12.8. The lowest BCUT2D eigenvalue weighted by atomic mass is 10.1. The number of benzene rings is 1. The van der Waals surface area contributed by atoms with E-state index in [0.717, 1.165) is 36.9 Å². The van der Waals surface area contributed by atoms with E-state index in [-0.39, 0.29) is 5.82 Å². The summed E-state index contributed by atoms with van der Waals surface area (Å²) < 4.78 is 13.7. The van der Waals surface area contributed by atoms with Crippen LogP contribution < -0.4 is 5.32 Å². The Morgan fingerprint density at radius 3 is 3.11 bits per heavy atom. The third kappa shape index (κ3) is 2.45. The smallest absolute Gasteiger partial charge is 0.126 e. The van der Waals surface area contributed by atoms with Crippen LogP contribution in [-0.4, -0.2) is 0 Å². The molecule has 0 saturated carbocycles. The van der Waals surface area contributed by atoms with Gasteiger partial charge in [0.2, 0.25) is 0 Å². The molecule has 0 amide bonds. The Morgan fingerprint density at radius 2 is 2.26 bits per heavy atom. The van der Waals surface area contributed by atoms with E-state index in [2.05, 4.69) is 29.8 Å². The van der Waals surface area contributed by atoms with Crippen molar-refractivity contribution in [1.82, 2.24) is 5.32 Å². The molecule has 3 rings (SSSR count). The number of rotatable bonds is 4. The summed E-state index contributed by atoms with van der Waals surface area (Å²) in [5.41, 5.74) is 3.48. The van der Waals surface area contributed by atoms with E-state index in [1.165, 1.54) is 10.4 Å². The highest BCUT2D eigenvalue weighted by atomic mass is 32.1. The fourth-order valence-corrected chi connectivity index (χ4v) is 3.80. The molecule has 0 fully saturated rings. The van der Waals surface area contributed by atoms with Gasteiger partial charge in [0.1, 0.15) is 5.82 Å². The Balaban J connectivity index is 1.72. The largest absolute Gasteiger partial charge is 0.305 e. The first-order chi connectivity index (χ1) is 9.29. The van der Waals surface area contributed by atoms with Crippen LogP contribution in [0, 0.1) is 5.82 Å². The van der Waals surface area contributed by atoms with Gasteiger partial charge >= 0.3 is 0 Å². The Hall–Kier alpha value is -1.19. The molecule has 0 saturated heterocycles. The van der Waals surface area contributed by atoms with Crippen LogP contribution in [0.5, 0.6) is 0 Å². The quantitative estimate of drug-likeness (QED) is 0.880. The maximum Gasteiger partial charge on any atom is 0.126 e. The van der Waals surface area contributed by atoms with Crippen molar-refractivity contribution in [1.29, 1.82) is 0 Å². The average molecular weight is 275 g/mol. The van der Waals surface area contributed by atoms with E-state index in [1.807, 2.05) is 6.07 Å². The third-order valence-corrected chi connectivity index (χ3v) is 4.90. The molecule has 100 valence electrons. The maximum absolute atomic E-state index is 13.7. The predicted molar refractivity (Wildman–Crippen MR) is 78.0 cm³/mol. The van der Waals surface area contributed by atoms with Crippen LogP contribution in [0.2, 0.25) is 0 Å². The van der Waals surface area contributed by atoms with Crippen LogP contribution in [-0.2, 0) is 19.4 Å². The van der Waals surface area contributed by atoms with Crippen molar-refractivity contribution in [2.75, 3.05) is 0 Å². The van der Waals surface area contributed by atoms with Gasteiger partial charge in [0, 0.05) is 17.5 Å². The fourth-order valence-electron chi connectivity index (χ4n) is 2.87. The monoisotopic (exact) mass is 275 g/mol. The molecule has 3 heteroatoms. The van der Waals surface area contributed by atoms with E-state index in [4.69, 9.17) is 0 Å². The lowest BCUT2D eigenvalue weighted by Crippen LogP contribution is -2.18. The van der Waals surface area contributed by atoms with Gasteiger partial charge in [0.25, 0.3) is 0 Å². The van der Waals surface area contributed by atoms with Gasteiger partial charge < -0.3 is 5.32 Å². The topological polar surface area (TPSA) is 12.0 Å². The summed E-state index contributed by atoms with van der Waals surface area (Å²) in [6, 6.07) is 7.94. The van der Waals surface area contributed by atoms with Gasteiger partial charge in [-0.25, -0.2) is 4.39 Å². The van der Waals surface area contributed by atoms with Crippen molar-refractivity contribution in [2.45, 2.75) is 38.8 Å². The molecular weight excluding hydrogens is 257 g/mol. The molecule has 1 nitrogen and oxygen atoms in total. The number of hydrogen-bond acceptors (Lipinski definition) is 2. The van der Waals surface area contributed by atoms with Crippen molar-refractivity contribution < 1.29 is 4.39 Å². The number of thiophene rings is 1. The van der Waals surface area contributed by atoms with Crippen molar-refractivity contribution in [2.24, 2.45) is 0 Å².